The lowest BCUT2D eigenvalue weighted by Crippen LogP contribution is -2.19. The summed E-state index contributed by atoms with van der Waals surface area (Å²) < 4.78 is 12.5. The number of rotatable bonds is 7. The third-order valence-corrected chi connectivity index (χ3v) is 5.48. The van der Waals surface area contributed by atoms with Gasteiger partial charge in [-0.1, -0.05) is 41.1 Å². The van der Waals surface area contributed by atoms with Crippen LogP contribution in [-0.4, -0.2) is 32.8 Å². The summed E-state index contributed by atoms with van der Waals surface area (Å²) in [5.41, 5.74) is 5.04. The number of nitrogens with zero attached hydrogens (tertiary/aromatic N) is 4. The van der Waals surface area contributed by atoms with Crippen molar-refractivity contribution in [1.82, 2.24) is 19.7 Å². The minimum Gasteiger partial charge on any atom is -0.497 e. The maximum atomic E-state index is 12.3. The van der Waals surface area contributed by atoms with Gasteiger partial charge in [0.05, 0.1) is 13.4 Å². The van der Waals surface area contributed by atoms with E-state index < -0.39 is 0 Å². The van der Waals surface area contributed by atoms with Gasteiger partial charge in [-0.25, -0.2) is 9.78 Å². The number of amides is 2. The maximum Gasteiger partial charge on any atom is 0.323 e. The third-order valence-electron chi connectivity index (χ3n) is 5.48. The Hall–Kier alpha value is -4.92. The van der Waals surface area contributed by atoms with Gasteiger partial charge in [0.2, 0.25) is 5.82 Å². The molecule has 0 aliphatic rings. The molecule has 0 atom stereocenters. The first-order valence-electron chi connectivity index (χ1n) is 11.3. The van der Waals surface area contributed by atoms with Crippen LogP contribution in [0.2, 0.25) is 0 Å². The number of carbonyl (C=O) groups excluding carboxylic acids is 1. The lowest BCUT2D eigenvalue weighted by molar-refractivity contribution is 0.262. The molecule has 0 spiro atoms. The SMILES string of the molecule is COc1ccc(NC(=O)Nc2ccc(Cn3cnc(-c4nc(-c5cccc(C)c5)no4)c3)cc2)cc1. The lowest BCUT2D eigenvalue weighted by Gasteiger charge is -2.09. The number of carbonyl (C=O) groups is 1. The van der Waals surface area contributed by atoms with Gasteiger partial charge in [-0.15, -0.1) is 0 Å². The van der Waals surface area contributed by atoms with Crippen LogP contribution in [0.3, 0.4) is 0 Å². The standard InChI is InChI=1S/C27H24N6O3/c1-18-4-3-5-20(14-18)25-31-26(36-32-25)24-16-33(17-28-24)15-19-6-8-21(9-7-19)29-27(34)30-22-10-12-23(35-2)13-11-22/h3-14,16-17H,15H2,1-2H3,(H2,29,30,34). The van der Waals surface area contributed by atoms with E-state index in [0.29, 0.717) is 35.3 Å². The van der Waals surface area contributed by atoms with Crippen LogP contribution in [0.25, 0.3) is 23.0 Å². The molecule has 0 aliphatic heterocycles. The molecular weight excluding hydrogens is 456 g/mol. The van der Waals surface area contributed by atoms with Crippen molar-refractivity contribution in [1.29, 1.82) is 0 Å². The van der Waals surface area contributed by atoms with Gasteiger partial charge in [0.25, 0.3) is 5.89 Å². The molecule has 0 radical (unpaired) electrons. The van der Waals surface area contributed by atoms with Crippen LogP contribution in [0.5, 0.6) is 5.75 Å². The van der Waals surface area contributed by atoms with Gasteiger partial charge >= 0.3 is 6.03 Å². The first kappa shape index (κ1) is 22.9. The molecule has 5 aromatic rings. The van der Waals surface area contributed by atoms with Crippen LogP contribution in [0.15, 0.2) is 89.8 Å². The molecule has 9 heteroatoms. The zero-order chi connectivity index (χ0) is 24.9. The Balaban J connectivity index is 1.18. The third kappa shape index (κ3) is 5.41. The van der Waals surface area contributed by atoms with Gasteiger partial charge in [-0.3, -0.25) is 0 Å². The summed E-state index contributed by atoms with van der Waals surface area (Å²) in [5.74, 6) is 1.63. The highest BCUT2D eigenvalue weighted by Gasteiger charge is 2.13. The van der Waals surface area contributed by atoms with Crippen molar-refractivity contribution in [3.05, 3.63) is 96.4 Å². The summed E-state index contributed by atoms with van der Waals surface area (Å²) in [4.78, 5) is 21.2. The molecule has 3 aromatic carbocycles. The molecular formula is C27H24N6O3. The number of anilines is 2. The highest BCUT2D eigenvalue weighted by Crippen LogP contribution is 2.22. The summed E-state index contributed by atoms with van der Waals surface area (Å²) in [6.45, 7) is 2.62. The number of hydrogen-bond donors (Lipinski definition) is 2. The van der Waals surface area contributed by atoms with Gasteiger partial charge in [0.1, 0.15) is 11.4 Å². The normalized spacial score (nSPS) is 10.7. The Kier molecular flexibility index (Phi) is 6.44. The van der Waals surface area contributed by atoms with Gasteiger partial charge < -0.3 is 24.5 Å². The zero-order valence-corrected chi connectivity index (χ0v) is 19.8. The molecule has 2 heterocycles. The van der Waals surface area contributed by atoms with Crippen LogP contribution in [0, 0.1) is 6.92 Å². The van der Waals surface area contributed by atoms with E-state index in [9.17, 15) is 4.79 Å². The quantitative estimate of drug-likeness (QED) is 0.314. The average molecular weight is 481 g/mol. The van der Waals surface area contributed by atoms with Crippen molar-refractivity contribution >= 4 is 17.4 Å². The molecule has 9 nitrogen and oxygen atoms in total. The van der Waals surface area contributed by atoms with Crippen molar-refractivity contribution in [2.45, 2.75) is 13.5 Å². The van der Waals surface area contributed by atoms with E-state index in [-0.39, 0.29) is 6.03 Å². The summed E-state index contributed by atoms with van der Waals surface area (Å²) in [5, 5.41) is 9.70. The monoisotopic (exact) mass is 480 g/mol. The number of methoxy groups -OCH3 is 1. The molecule has 0 fully saturated rings. The second-order valence-electron chi connectivity index (χ2n) is 8.23. The van der Waals surface area contributed by atoms with Crippen LogP contribution in [0.4, 0.5) is 16.2 Å². The van der Waals surface area contributed by atoms with Crippen LogP contribution < -0.4 is 15.4 Å². The predicted molar refractivity (Wildman–Crippen MR) is 137 cm³/mol. The summed E-state index contributed by atoms with van der Waals surface area (Å²) in [6, 6.07) is 22.3. The average Bonchev–Trinajstić information content (AvgIpc) is 3.56. The lowest BCUT2D eigenvalue weighted by atomic mass is 10.1. The summed E-state index contributed by atoms with van der Waals surface area (Å²) >= 11 is 0. The van der Waals surface area contributed by atoms with E-state index in [0.717, 1.165) is 22.4 Å². The zero-order valence-electron chi connectivity index (χ0n) is 19.8. The molecule has 0 bridgehead atoms. The first-order chi connectivity index (χ1) is 17.6. The Morgan fingerprint density at radius 1 is 1.00 bits per heavy atom. The number of aryl methyl sites for hydroxylation is 1. The van der Waals surface area contributed by atoms with E-state index >= 15 is 0 Å². The van der Waals surface area contributed by atoms with E-state index in [1.165, 1.54) is 0 Å². The first-order valence-corrected chi connectivity index (χ1v) is 11.3. The van der Waals surface area contributed by atoms with Crippen LogP contribution in [-0.2, 0) is 6.54 Å². The molecule has 0 aliphatic carbocycles. The predicted octanol–water partition coefficient (Wildman–Crippen LogP) is 5.61. The number of urea groups is 1. The number of ether oxygens (including phenoxy) is 1. The van der Waals surface area contributed by atoms with Crippen LogP contribution >= 0.6 is 0 Å². The molecule has 2 amide bonds. The topological polar surface area (TPSA) is 107 Å². The molecule has 0 unspecified atom stereocenters. The molecule has 0 saturated carbocycles. The van der Waals surface area contributed by atoms with Gasteiger partial charge in [-0.05, 0) is 55.0 Å². The number of hydrogen-bond acceptors (Lipinski definition) is 6. The number of imidazole rings is 1. The molecule has 36 heavy (non-hydrogen) atoms. The fourth-order valence-electron chi connectivity index (χ4n) is 3.66. The van der Waals surface area contributed by atoms with E-state index in [1.807, 2.05) is 66.2 Å². The largest absolute Gasteiger partial charge is 0.497 e. The molecule has 2 N–H and O–H groups in total. The van der Waals surface area contributed by atoms with Gasteiger partial charge in [-0.2, -0.15) is 4.98 Å². The second kappa shape index (κ2) is 10.1. The Bertz CT molecular complexity index is 1470. The Labute approximate surface area is 207 Å². The van der Waals surface area contributed by atoms with Crippen molar-refractivity contribution in [2.24, 2.45) is 0 Å². The van der Waals surface area contributed by atoms with Crippen molar-refractivity contribution in [3.63, 3.8) is 0 Å². The highest BCUT2D eigenvalue weighted by atomic mass is 16.5. The molecule has 0 saturated heterocycles. The molecule has 5 rings (SSSR count). The molecule has 2 aromatic heterocycles. The fourth-order valence-corrected chi connectivity index (χ4v) is 3.66. The highest BCUT2D eigenvalue weighted by molar-refractivity contribution is 5.99. The summed E-state index contributed by atoms with van der Waals surface area (Å²) in [7, 11) is 1.60. The number of nitrogens with one attached hydrogen (secondary N) is 2. The fraction of sp³-hybridized carbons (Fsp3) is 0.111. The van der Waals surface area contributed by atoms with Crippen LogP contribution in [0.1, 0.15) is 11.1 Å². The smallest absolute Gasteiger partial charge is 0.323 e. The van der Waals surface area contributed by atoms with Crippen molar-refractivity contribution in [2.75, 3.05) is 17.7 Å². The van der Waals surface area contributed by atoms with E-state index in [4.69, 9.17) is 9.26 Å². The Morgan fingerprint density at radius 3 is 2.42 bits per heavy atom. The second-order valence-corrected chi connectivity index (χ2v) is 8.23. The minimum atomic E-state index is -0.322. The summed E-state index contributed by atoms with van der Waals surface area (Å²) in [6.07, 6.45) is 3.59. The van der Waals surface area contributed by atoms with E-state index in [2.05, 4.69) is 25.8 Å². The number of aromatic nitrogens is 4. The minimum absolute atomic E-state index is 0.322. The van der Waals surface area contributed by atoms with Gasteiger partial charge in [0.15, 0.2) is 0 Å². The van der Waals surface area contributed by atoms with Crippen molar-refractivity contribution in [3.8, 4) is 28.7 Å². The van der Waals surface area contributed by atoms with Crippen molar-refractivity contribution < 1.29 is 14.1 Å². The number of benzene rings is 3. The van der Waals surface area contributed by atoms with Gasteiger partial charge in [0, 0.05) is 29.7 Å². The Morgan fingerprint density at radius 2 is 1.72 bits per heavy atom. The maximum absolute atomic E-state index is 12.3. The van der Waals surface area contributed by atoms with E-state index in [1.54, 1.807) is 37.7 Å². The molecule has 180 valence electrons.